The van der Waals surface area contributed by atoms with Crippen LogP contribution >= 0.6 is 11.3 Å². The molecule has 0 aliphatic carbocycles. The first-order chi connectivity index (χ1) is 15.3. The largest absolute Gasteiger partial charge is 0.417 e. The Morgan fingerprint density at radius 2 is 2.12 bits per heavy atom. The van der Waals surface area contributed by atoms with Crippen molar-refractivity contribution < 1.29 is 17.6 Å². The van der Waals surface area contributed by atoms with E-state index in [4.69, 9.17) is 4.42 Å². The Morgan fingerprint density at radius 3 is 2.97 bits per heavy atom. The van der Waals surface area contributed by atoms with E-state index in [0.717, 1.165) is 15.8 Å². The Morgan fingerprint density at radius 1 is 1.28 bits per heavy atom. The second-order valence-corrected chi connectivity index (χ2v) is 10.8. The van der Waals surface area contributed by atoms with Crippen molar-refractivity contribution in [1.29, 1.82) is 0 Å². The molecule has 32 heavy (non-hydrogen) atoms. The standard InChI is InChI=1S/C21H20N4O5S2/c1-12-4-6-16-18(9-12)31-20(22-16)24-19(26)13-3-2-8-25(11-13)32(28,29)14-5-7-15-17(10-14)30-21(27)23-15/h4-7,9-10,13H,2-3,8,11H2,1H3,(H,23,27)(H,22,24,26). The number of aromatic amines is 1. The molecule has 1 amide bonds. The van der Waals surface area contributed by atoms with Crippen LogP contribution in [-0.2, 0) is 14.8 Å². The Balaban J connectivity index is 1.34. The van der Waals surface area contributed by atoms with Gasteiger partial charge in [-0.2, -0.15) is 4.31 Å². The van der Waals surface area contributed by atoms with Gasteiger partial charge < -0.3 is 9.73 Å². The van der Waals surface area contributed by atoms with E-state index in [1.807, 2.05) is 25.1 Å². The number of H-pyrrole nitrogens is 1. The first kappa shape index (κ1) is 20.9. The molecule has 1 atom stereocenters. The van der Waals surface area contributed by atoms with Crippen LogP contribution in [0.4, 0.5) is 5.13 Å². The molecule has 1 fully saturated rings. The third kappa shape index (κ3) is 3.83. The molecule has 0 bridgehead atoms. The molecule has 0 spiro atoms. The molecule has 1 saturated heterocycles. The smallest absolute Gasteiger partial charge is 0.408 e. The third-order valence-corrected chi connectivity index (χ3v) is 8.35. The van der Waals surface area contributed by atoms with E-state index >= 15 is 0 Å². The number of thiazole rings is 1. The highest BCUT2D eigenvalue weighted by Crippen LogP contribution is 2.29. The zero-order valence-electron chi connectivity index (χ0n) is 17.1. The van der Waals surface area contributed by atoms with E-state index in [2.05, 4.69) is 15.3 Å². The molecule has 166 valence electrons. The van der Waals surface area contributed by atoms with Crippen LogP contribution < -0.4 is 11.1 Å². The number of rotatable bonds is 4. The van der Waals surface area contributed by atoms with Crippen molar-refractivity contribution in [3.8, 4) is 0 Å². The number of fused-ring (bicyclic) bond motifs is 2. The number of sulfonamides is 1. The number of piperidine rings is 1. The minimum atomic E-state index is -3.84. The predicted molar refractivity (Wildman–Crippen MR) is 121 cm³/mol. The van der Waals surface area contributed by atoms with Crippen LogP contribution in [0.2, 0.25) is 0 Å². The number of aromatic nitrogens is 2. The van der Waals surface area contributed by atoms with Gasteiger partial charge in [0.15, 0.2) is 10.7 Å². The fourth-order valence-corrected chi connectivity index (χ4v) is 6.41. The van der Waals surface area contributed by atoms with Crippen LogP contribution in [0.15, 0.2) is 50.5 Å². The number of hydrogen-bond donors (Lipinski definition) is 2. The number of anilines is 1. The average molecular weight is 473 g/mol. The fraction of sp³-hybridized carbons (Fsp3) is 0.286. The summed E-state index contributed by atoms with van der Waals surface area (Å²) in [5.41, 5.74) is 2.53. The lowest BCUT2D eigenvalue weighted by atomic mass is 9.99. The number of nitrogens with zero attached hydrogens (tertiary/aromatic N) is 2. The van der Waals surface area contributed by atoms with Gasteiger partial charge in [-0.25, -0.2) is 18.2 Å². The monoisotopic (exact) mass is 472 g/mol. The maximum absolute atomic E-state index is 13.2. The van der Waals surface area contributed by atoms with Crippen molar-refractivity contribution in [2.45, 2.75) is 24.7 Å². The van der Waals surface area contributed by atoms with Gasteiger partial charge in [0.2, 0.25) is 15.9 Å². The maximum Gasteiger partial charge on any atom is 0.417 e. The van der Waals surface area contributed by atoms with E-state index in [0.29, 0.717) is 30.0 Å². The summed E-state index contributed by atoms with van der Waals surface area (Å²) in [6.07, 6.45) is 1.16. The number of benzene rings is 2. The summed E-state index contributed by atoms with van der Waals surface area (Å²) >= 11 is 1.40. The van der Waals surface area contributed by atoms with Crippen molar-refractivity contribution >= 4 is 53.7 Å². The fourth-order valence-electron chi connectivity index (χ4n) is 3.90. The molecule has 2 N–H and O–H groups in total. The van der Waals surface area contributed by atoms with E-state index in [1.165, 1.54) is 33.8 Å². The average Bonchev–Trinajstić information content (AvgIpc) is 3.34. The lowest BCUT2D eigenvalue weighted by molar-refractivity contribution is -0.120. The Kier molecular flexibility index (Phi) is 5.11. The van der Waals surface area contributed by atoms with Crippen LogP contribution in [0.3, 0.4) is 0 Å². The number of aryl methyl sites for hydroxylation is 1. The zero-order chi connectivity index (χ0) is 22.5. The summed E-state index contributed by atoms with van der Waals surface area (Å²) < 4.78 is 33.6. The summed E-state index contributed by atoms with van der Waals surface area (Å²) in [7, 11) is -3.84. The number of nitrogens with one attached hydrogen (secondary N) is 2. The Bertz CT molecular complexity index is 1500. The normalized spacial score (nSPS) is 17.7. The van der Waals surface area contributed by atoms with Crippen LogP contribution in [0, 0.1) is 12.8 Å². The molecule has 9 nitrogen and oxygen atoms in total. The highest BCUT2D eigenvalue weighted by Gasteiger charge is 2.34. The predicted octanol–water partition coefficient (Wildman–Crippen LogP) is 3.08. The topological polar surface area (TPSA) is 125 Å². The van der Waals surface area contributed by atoms with Gasteiger partial charge in [0, 0.05) is 19.2 Å². The number of amides is 1. The second-order valence-electron chi connectivity index (χ2n) is 7.85. The van der Waals surface area contributed by atoms with Crippen LogP contribution in [0.25, 0.3) is 21.3 Å². The maximum atomic E-state index is 13.2. The van der Waals surface area contributed by atoms with Gasteiger partial charge in [-0.3, -0.25) is 9.78 Å². The van der Waals surface area contributed by atoms with Gasteiger partial charge in [0.05, 0.1) is 26.5 Å². The molecule has 1 unspecified atom stereocenters. The van der Waals surface area contributed by atoms with Crippen molar-refractivity contribution in [3.63, 3.8) is 0 Å². The van der Waals surface area contributed by atoms with Crippen molar-refractivity contribution in [2.24, 2.45) is 5.92 Å². The van der Waals surface area contributed by atoms with Crippen LogP contribution in [0.5, 0.6) is 0 Å². The molecule has 0 saturated carbocycles. The zero-order valence-corrected chi connectivity index (χ0v) is 18.8. The van der Waals surface area contributed by atoms with E-state index < -0.39 is 21.7 Å². The van der Waals surface area contributed by atoms with Crippen molar-refractivity contribution in [2.75, 3.05) is 18.4 Å². The van der Waals surface area contributed by atoms with Gasteiger partial charge in [-0.1, -0.05) is 17.4 Å². The van der Waals surface area contributed by atoms with Crippen LogP contribution in [-0.4, -0.2) is 41.7 Å². The van der Waals surface area contributed by atoms with Crippen LogP contribution in [0.1, 0.15) is 18.4 Å². The SMILES string of the molecule is Cc1ccc2nc(NC(=O)C3CCCN(S(=O)(=O)c4ccc5[nH]c(=O)oc5c4)C3)sc2c1. The summed E-state index contributed by atoms with van der Waals surface area (Å²) in [5, 5.41) is 3.36. The Labute approximate surface area is 187 Å². The molecule has 2 aromatic heterocycles. The lowest BCUT2D eigenvalue weighted by Gasteiger charge is -2.31. The van der Waals surface area contributed by atoms with E-state index in [9.17, 15) is 18.0 Å². The number of hydrogen-bond acceptors (Lipinski definition) is 7. The molecule has 11 heteroatoms. The minimum absolute atomic E-state index is 0.0235. The molecule has 1 aliphatic heterocycles. The minimum Gasteiger partial charge on any atom is -0.408 e. The first-order valence-electron chi connectivity index (χ1n) is 10.1. The third-order valence-electron chi connectivity index (χ3n) is 5.56. The molecule has 4 aromatic rings. The molecular formula is C21H20N4O5S2. The van der Waals surface area contributed by atoms with Gasteiger partial charge >= 0.3 is 5.76 Å². The molecule has 1 aliphatic rings. The number of carbonyl (C=O) groups is 1. The first-order valence-corrected chi connectivity index (χ1v) is 12.4. The van der Waals surface area contributed by atoms with Crippen molar-refractivity contribution in [1.82, 2.24) is 14.3 Å². The Hall–Kier alpha value is -3.02. The summed E-state index contributed by atoms with van der Waals surface area (Å²) in [6.45, 7) is 2.39. The van der Waals surface area contributed by atoms with Gasteiger partial charge in [-0.05, 0) is 49.6 Å². The number of oxazole rings is 1. The number of carbonyl (C=O) groups excluding carboxylic acids is 1. The van der Waals surface area contributed by atoms with Crippen molar-refractivity contribution in [3.05, 3.63) is 52.5 Å². The van der Waals surface area contributed by atoms with Gasteiger partial charge in [0.1, 0.15) is 0 Å². The quantitative estimate of drug-likeness (QED) is 0.470. The lowest BCUT2D eigenvalue weighted by Crippen LogP contribution is -2.43. The second kappa shape index (κ2) is 7.84. The van der Waals surface area contributed by atoms with Gasteiger partial charge in [-0.15, -0.1) is 0 Å². The molecule has 0 radical (unpaired) electrons. The van der Waals surface area contributed by atoms with Gasteiger partial charge in [0.25, 0.3) is 0 Å². The molecular weight excluding hydrogens is 452 g/mol. The highest BCUT2D eigenvalue weighted by atomic mass is 32.2. The summed E-state index contributed by atoms with van der Waals surface area (Å²) in [6, 6.07) is 10.1. The molecule has 2 aromatic carbocycles. The summed E-state index contributed by atoms with van der Waals surface area (Å²) in [4.78, 5) is 31.2. The summed E-state index contributed by atoms with van der Waals surface area (Å²) in [5.74, 6) is -1.37. The molecule has 3 heterocycles. The van der Waals surface area contributed by atoms with E-state index in [1.54, 1.807) is 0 Å². The van der Waals surface area contributed by atoms with E-state index in [-0.39, 0.29) is 22.9 Å². The highest BCUT2D eigenvalue weighted by molar-refractivity contribution is 7.89. The molecule has 5 rings (SSSR count).